The van der Waals surface area contributed by atoms with Crippen LogP contribution in [0.2, 0.25) is 0 Å². The van der Waals surface area contributed by atoms with E-state index in [4.69, 9.17) is 4.74 Å². The van der Waals surface area contributed by atoms with Crippen molar-refractivity contribution >= 4 is 16.0 Å². The number of nitriles is 1. The molecule has 0 radical (unpaired) electrons. The Bertz CT molecular complexity index is 985. The van der Waals surface area contributed by atoms with E-state index in [1.165, 1.54) is 4.57 Å². The molecular weight excluding hydrogens is 370 g/mol. The minimum atomic E-state index is -3.26. The number of benzene rings is 1. The van der Waals surface area contributed by atoms with E-state index in [9.17, 15) is 23.6 Å². The second kappa shape index (κ2) is 8.24. The molecule has 27 heavy (non-hydrogen) atoms. The van der Waals surface area contributed by atoms with Crippen molar-refractivity contribution in [1.82, 2.24) is 9.29 Å². The summed E-state index contributed by atoms with van der Waals surface area (Å²) in [5.41, 5.74) is 2.06. The minimum absolute atomic E-state index is 0.0643. The molecule has 0 aliphatic heterocycles. The van der Waals surface area contributed by atoms with Crippen LogP contribution in [0.25, 0.3) is 11.1 Å². The molecule has 144 valence electrons. The SMILES string of the molecule is CCc1c(C#N)c(-c2ccc(OCCNS(C)(=O)=O)cc2)c(C(=O)O)n1C. The van der Waals surface area contributed by atoms with E-state index >= 15 is 0 Å². The molecule has 0 atom stereocenters. The van der Waals surface area contributed by atoms with Crippen molar-refractivity contribution in [1.29, 1.82) is 5.26 Å². The first-order valence-electron chi connectivity index (χ1n) is 8.22. The normalized spacial score (nSPS) is 11.2. The van der Waals surface area contributed by atoms with E-state index in [2.05, 4.69) is 10.8 Å². The number of hydrogen-bond acceptors (Lipinski definition) is 5. The zero-order chi connectivity index (χ0) is 20.2. The number of nitrogens with one attached hydrogen (secondary N) is 1. The van der Waals surface area contributed by atoms with Crippen molar-refractivity contribution in [2.45, 2.75) is 13.3 Å². The lowest BCUT2D eigenvalue weighted by molar-refractivity contribution is 0.0687. The fourth-order valence-corrected chi connectivity index (χ4v) is 3.37. The molecule has 0 fully saturated rings. The van der Waals surface area contributed by atoms with Crippen molar-refractivity contribution in [2.75, 3.05) is 19.4 Å². The first-order valence-corrected chi connectivity index (χ1v) is 10.1. The lowest BCUT2D eigenvalue weighted by Crippen LogP contribution is -2.26. The van der Waals surface area contributed by atoms with Gasteiger partial charge in [0.05, 0.1) is 11.8 Å². The molecule has 0 aliphatic rings. The highest BCUT2D eigenvalue weighted by atomic mass is 32.2. The van der Waals surface area contributed by atoms with Gasteiger partial charge in [-0.15, -0.1) is 0 Å². The highest BCUT2D eigenvalue weighted by Gasteiger charge is 2.25. The second-order valence-electron chi connectivity index (χ2n) is 5.91. The van der Waals surface area contributed by atoms with Gasteiger partial charge < -0.3 is 14.4 Å². The number of carboxylic acids is 1. The van der Waals surface area contributed by atoms with Crippen LogP contribution < -0.4 is 9.46 Å². The van der Waals surface area contributed by atoms with Crippen LogP contribution in [0, 0.1) is 11.3 Å². The molecule has 0 spiro atoms. The van der Waals surface area contributed by atoms with Crippen LogP contribution in [-0.4, -0.2) is 43.5 Å². The monoisotopic (exact) mass is 391 g/mol. The summed E-state index contributed by atoms with van der Waals surface area (Å²) in [4.78, 5) is 11.7. The maximum absolute atomic E-state index is 11.7. The Hall–Kier alpha value is -2.83. The summed E-state index contributed by atoms with van der Waals surface area (Å²) in [6.07, 6.45) is 1.60. The van der Waals surface area contributed by atoms with E-state index in [-0.39, 0.29) is 18.8 Å². The van der Waals surface area contributed by atoms with Gasteiger partial charge in [-0.3, -0.25) is 0 Å². The average molecular weight is 391 g/mol. The lowest BCUT2D eigenvalue weighted by Gasteiger charge is -2.08. The lowest BCUT2D eigenvalue weighted by atomic mass is 10.00. The Balaban J connectivity index is 2.29. The minimum Gasteiger partial charge on any atom is -0.492 e. The predicted molar refractivity (Wildman–Crippen MR) is 100 cm³/mol. The molecule has 0 aliphatic carbocycles. The number of aromatic carboxylic acids is 1. The van der Waals surface area contributed by atoms with Gasteiger partial charge in [-0.1, -0.05) is 19.1 Å². The van der Waals surface area contributed by atoms with Crippen LogP contribution in [0.4, 0.5) is 0 Å². The van der Waals surface area contributed by atoms with Gasteiger partial charge in [0.15, 0.2) is 0 Å². The molecule has 2 N–H and O–H groups in total. The predicted octanol–water partition coefficient (Wildman–Crippen LogP) is 1.75. The maximum atomic E-state index is 11.7. The third kappa shape index (κ3) is 4.67. The topological polar surface area (TPSA) is 121 Å². The summed E-state index contributed by atoms with van der Waals surface area (Å²) in [5.74, 6) is -0.591. The smallest absolute Gasteiger partial charge is 0.353 e. The van der Waals surface area contributed by atoms with E-state index in [0.717, 1.165) is 6.26 Å². The summed E-state index contributed by atoms with van der Waals surface area (Å²) < 4.78 is 31.3. The van der Waals surface area contributed by atoms with E-state index in [0.29, 0.717) is 34.6 Å². The highest BCUT2D eigenvalue weighted by Crippen LogP contribution is 2.33. The van der Waals surface area contributed by atoms with Crippen molar-refractivity contribution in [3.05, 3.63) is 41.2 Å². The van der Waals surface area contributed by atoms with Crippen LogP contribution in [-0.2, 0) is 23.5 Å². The van der Waals surface area contributed by atoms with Crippen LogP contribution in [0.3, 0.4) is 0 Å². The van der Waals surface area contributed by atoms with Crippen molar-refractivity contribution in [3.8, 4) is 22.9 Å². The number of carbonyl (C=O) groups is 1. The molecule has 1 aromatic heterocycles. The molecule has 0 bridgehead atoms. The summed E-state index contributed by atoms with van der Waals surface area (Å²) in [7, 11) is -1.63. The van der Waals surface area contributed by atoms with Crippen molar-refractivity contribution < 1.29 is 23.1 Å². The molecule has 2 rings (SSSR count). The quantitative estimate of drug-likeness (QED) is 0.661. The van der Waals surface area contributed by atoms with Crippen LogP contribution in [0.1, 0.15) is 28.7 Å². The molecular formula is C18H21N3O5S. The molecule has 0 saturated carbocycles. The number of nitrogens with zero attached hydrogens (tertiary/aromatic N) is 2. The molecule has 2 aromatic rings. The van der Waals surface area contributed by atoms with Gasteiger partial charge in [0.1, 0.15) is 24.1 Å². The van der Waals surface area contributed by atoms with Gasteiger partial charge >= 0.3 is 5.97 Å². The number of ether oxygens (including phenoxy) is 1. The van der Waals surface area contributed by atoms with Gasteiger partial charge in [0.25, 0.3) is 0 Å². The third-order valence-corrected chi connectivity index (χ3v) is 4.77. The Morgan fingerprint density at radius 2 is 1.96 bits per heavy atom. The molecule has 1 aromatic carbocycles. The van der Waals surface area contributed by atoms with Gasteiger partial charge in [-0.05, 0) is 24.1 Å². The second-order valence-corrected chi connectivity index (χ2v) is 7.75. The standard InChI is InChI=1S/C18H21N3O5S/c1-4-15-14(11-19)16(17(18(22)23)21(15)2)12-5-7-13(8-6-12)26-10-9-20-27(3,24)25/h5-8,20H,4,9-10H2,1-3H3,(H,22,23). The van der Waals surface area contributed by atoms with Gasteiger partial charge in [0, 0.05) is 24.8 Å². The zero-order valence-electron chi connectivity index (χ0n) is 15.3. The first kappa shape index (κ1) is 20.5. The van der Waals surface area contributed by atoms with E-state index in [1.54, 1.807) is 31.3 Å². The van der Waals surface area contributed by atoms with Gasteiger partial charge in [0.2, 0.25) is 10.0 Å². The number of hydrogen-bond donors (Lipinski definition) is 2. The van der Waals surface area contributed by atoms with E-state index < -0.39 is 16.0 Å². The first-order chi connectivity index (χ1) is 12.7. The number of rotatable bonds is 8. The Morgan fingerprint density at radius 3 is 2.44 bits per heavy atom. The summed E-state index contributed by atoms with van der Waals surface area (Å²) in [6, 6.07) is 8.79. The third-order valence-electron chi connectivity index (χ3n) is 4.04. The van der Waals surface area contributed by atoms with Crippen LogP contribution in [0.5, 0.6) is 5.75 Å². The zero-order valence-corrected chi connectivity index (χ0v) is 16.1. The van der Waals surface area contributed by atoms with Crippen molar-refractivity contribution in [2.24, 2.45) is 7.05 Å². The van der Waals surface area contributed by atoms with Gasteiger partial charge in [-0.25, -0.2) is 17.9 Å². The Kier molecular flexibility index (Phi) is 6.25. The fraction of sp³-hybridized carbons (Fsp3) is 0.333. The number of sulfonamides is 1. The average Bonchev–Trinajstić information content (AvgIpc) is 2.90. The summed E-state index contributed by atoms with van der Waals surface area (Å²) in [5, 5.41) is 19.1. The Labute approximate surface area is 158 Å². The molecule has 8 nitrogen and oxygen atoms in total. The maximum Gasteiger partial charge on any atom is 0.353 e. The fourth-order valence-electron chi connectivity index (χ4n) is 2.91. The highest BCUT2D eigenvalue weighted by molar-refractivity contribution is 7.88. The molecule has 0 unspecified atom stereocenters. The number of carboxylic acid groups (broad SMARTS) is 1. The molecule has 1 heterocycles. The summed E-state index contributed by atoms with van der Waals surface area (Å²) in [6.45, 7) is 2.16. The Morgan fingerprint density at radius 1 is 1.33 bits per heavy atom. The van der Waals surface area contributed by atoms with E-state index in [1.807, 2.05) is 6.92 Å². The molecule has 0 saturated heterocycles. The van der Waals surface area contributed by atoms with Gasteiger partial charge in [-0.2, -0.15) is 5.26 Å². The molecule has 9 heteroatoms. The van der Waals surface area contributed by atoms with Crippen molar-refractivity contribution in [3.63, 3.8) is 0 Å². The largest absolute Gasteiger partial charge is 0.492 e. The van der Waals surface area contributed by atoms with Crippen LogP contribution in [0.15, 0.2) is 24.3 Å². The summed E-state index contributed by atoms with van der Waals surface area (Å²) >= 11 is 0. The van der Waals surface area contributed by atoms with Crippen LogP contribution >= 0.6 is 0 Å². The molecule has 0 amide bonds. The number of aromatic nitrogens is 1.